The van der Waals surface area contributed by atoms with Crippen molar-refractivity contribution in [2.75, 3.05) is 0 Å². The largest absolute Gasteiger partial charge is 0.257 e. The second kappa shape index (κ2) is 4.55. The van der Waals surface area contributed by atoms with Crippen molar-refractivity contribution in [1.82, 2.24) is 14.8 Å². The van der Waals surface area contributed by atoms with E-state index < -0.39 is 0 Å². The van der Waals surface area contributed by atoms with E-state index >= 15 is 0 Å². The molecule has 0 atom stereocenters. The van der Waals surface area contributed by atoms with Crippen LogP contribution in [0.2, 0.25) is 0 Å². The van der Waals surface area contributed by atoms with Crippen LogP contribution in [-0.4, -0.2) is 14.8 Å². The summed E-state index contributed by atoms with van der Waals surface area (Å²) in [4.78, 5) is 4.46. The van der Waals surface area contributed by atoms with Gasteiger partial charge in [0.1, 0.15) is 23.5 Å². The van der Waals surface area contributed by atoms with Crippen LogP contribution in [0.3, 0.4) is 0 Å². The third-order valence-electron chi connectivity index (χ3n) is 3.14. The molecule has 0 aliphatic rings. The maximum atomic E-state index is 9.09. The molecule has 2 aromatic rings. The Kier molecular flexibility index (Phi) is 3.06. The molecule has 19 heavy (non-hydrogen) atoms. The summed E-state index contributed by atoms with van der Waals surface area (Å²) in [5.41, 5.74) is 4.88. The molecule has 0 aromatic carbocycles. The van der Waals surface area contributed by atoms with Crippen molar-refractivity contribution >= 4 is 0 Å². The van der Waals surface area contributed by atoms with Gasteiger partial charge in [-0.25, -0.2) is 4.98 Å². The van der Waals surface area contributed by atoms with Gasteiger partial charge in [0, 0.05) is 12.6 Å². The molecule has 5 heteroatoms. The van der Waals surface area contributed by atoms with Crippen LogP contribution >= 0.6 is 0 Å². The van der Waals surface area contributed by atoms with E-state index in [1.54, 1.807) is 24.7 Å². The van der Waals surface area contributed by atoms with Crippen LogP contribution in [0.25, 0.3) is 11.4 Å². The minimum absolute atomic E-state index is 0.526. The minimum Gasteiger partial charge on any atom is -0.257 e. The predicted octanol–water partition coefficient (Wildman–Crippen LogP) is 2.15. The third-order valence-corrected chi connectivity index (χ3v) is 3.14. The molecule has 0 saturated carbocycles. The molecule has 0 saturated heterocycles. The van der Waals surface area contributed by atoms with Crippen LogP contribution in [-0.2, 0) is 7.05 Å². The van der Waals surface area contributed by atoms with Crippen molar-refractivity contribution in [2.45, 2.75) is 20.8 Å². The lowest BCUT2D eigenvalue weighted by atomic mass is 10.0. The van der Waals surface area contributed by atoms with Gasteiger partial charge in [0.25, 0.3) is 0 Å². The molecule has 0 unspecified atom stereocenters. The standard InChI is InChI=1S/C14H13N5/c1-8-5-11(6-15)10(3)17-13(8)14-9(2)12(7-16)19(4)18-14/h5H,1-4H3. The Morgan fingerprint density at radius 3 is 2.32 bits per heavy atom. The highest BCUT2D eigenvalue weighted by molar-refractivity contribution is 5.66. The van der Waals surface area contributed by atoms with Gasteiger partial charge >= 0.3 is 0 Å². The normalized spacial score (nSPS) is 10.0. The number of nitrogens with zero attached hydrogens (tertiary/aromatic N) is 5. The fourth-order valence-corrected chi connectivity index (χ4v) is 2.07. The van der Waals surface area contributed by atoms with Gasteiger partial charge in [-0.1, -0.05) is 0 Å². The summed E-state index contributed by atoms with van der Waals surface area (Å²) in [6, 6.07) is 6.05. The topological polar surface area (TPSA) is 78.3 Å². The summed E-state index contributed by atoms with van der Waals surface area (Å²) in [7, 11) is 1.74. The van der Waals surface area contributed by atoms with Crippen molar-refractivity contribution in [3.63, 3.8) is 0 Å². The number of aryl methyl sites for hydroxylation is 3. The van der Waals surface area contributed by atoms with Gasteiger partial charge in [-0.2, -0.15) is 15.6 Å². The van der Waals surface area contributed by atoms with Crippen molar-refractivity contribution < 1.29 is 0 Å². The molecule has 0 aliphatic carbocycles. The highest BCUT2D eigenvalue weighted by Crippen LogP contribution is 2.26. The number of hydrogen-bond donors (Lipinski definition) is 0. The first-order valence-corrected chi connectivity index (χ1v) is 5.82. The molecular weight excluding hydrogens is 238 g/mol. The molecule has 0 aliphatic heterocycles. The smallest absolute Gasteiger partial charge is 0.141 e. The Hall–Kier alpha value is -2.66. The SMILES string of the molecule is Cc1cc(C#N)c(C)nc1-c1nn(C)c(C#N)c1C. The van der Waals surface area contributed by atoms with Crippen molar-refractivity contribution in [2.24, 2.45) is 7.05 Å². The minimum atomic E-state index is 0.526. The Bertz CT molecular complexity index is 741. The van der Waals surface area contributed by atoms with Gasteiger partial charge in [-0.05, 0) is 32.4 Å². The van der Waals surface area contributed by atoms with E-state index in [4.69, 9.17) is 10.5 Å². The van der Waals surface area contributed by atoms with E-state index in [2.05, 4.69) is 22.2 Å². The highest BCUT2D eigenvalue weighted by Gasteiger charge is 2.17. The lowest BCUT2D eigenvalue weighted by Crippen LogP contribution is -1.97. The molecule has 2 heterocycles. The summed E-state index contributed by atoms with van der Waals surface area (Å²) in [5, 5.41) is 22.4. The van der Waals surface area contributed by atoms with E-state index in [0.717, 1.165) is 16.8 Å². The van der Waals surface area contributed by atoms with Crippen LogP contribution in [0, 0.1) is 43.4 Å². The zero-order valence-corrected chi connectivity index (χ0v) is 11.3. The van der Waals surface area contributed by atoms with Gasteiger partial charge in [-0.3, -0.25) is 4.68 Å². The fraction of sp³-hybridized carbons (Fsp3) is 0.286. The monoisotopic (exact) mass is 251 g/mol. The van der Waals surface area contributed by atoms with Crippen LogP contribution < -0.4 is 0 Å². The molecule has 0 N–H and O–H groups in total. The molecule has 2 rings (SSSR count). The molecule has 5 nitrogen and oxygen atoms in total. The first-order chi connectivity index (χ1) is 8.99. The Labute approximate surface area is 111 Å². The molecule has 0 bridgehead atoms. The summed E-state index contributed by atoms with van der Waals surface area (Å²) in [6.07, 6.45) is 0. The molecule has 2 aromatic heterocycles. The van der Waals surface area contributed by atoms with Crippen molar-refractivity contribution in [3.05, 3.63) is 34.1 Å². The van der Waals surface area contributed by atoms with Crippen LogP contribution in [0.5, 0.6) is 0 Å². The molecular formula is C14H13N5. The van der Waals surface area contributed by atoms with Gasteiger partial charge in [0.05, 0.1) is 17.0 Å². The summed E-state index contributed by atoms with van der Waals surface area (Å²) >= 11 is 0. The highest BCUT2D eigenvalue weighted by atomic mass is 15.3. The Balaban J connectivity index is 2.71. The zero-order chi connectivity index (χ0) is 14.2. The van der Waals surface area contributed by atoms with E-state index in [1.807, 2.05) is 13.8 Å². The van der Waals surface area contributed by atoms with E-state index in [-0.39, 0.29) is 0 Å². The van der Waals surface area contributed by atoms with Gasteiger partial charge in [-0.15, -0.1) is 0 Å². The van der Waals surface area contributed by atoms with Crippen LogP contribution in [0.1, 0.15) is 28.1 Å². The first kappa shape index (κ1) is 12.8. The fourth-order valence-electron chi connectivity index (χ4n) is 2.07. The molecule has 94 valence electrons. The van der Waals surface area contributed by atoms with Crippen LogP contribution in [0.15, 0.2) is 6.07 Å². The Morgan fingerprint density at radius 2 is 1.79 bits per heavy atom. The lowest BCUT2D eigenvalue weighted by Gasteiger charge is -2.06. The Morgan fingerprint density at radius 1 is 1.11 bits per heavy atom. The molecule has 0 amide bonds. The van der Waals surface area contributed by atoms with E-state index in [1.165, 1.54) is 0 Å². The van der Waals surface area contributed by atoms with Gasteiger partial charge < -0.3 is 0 Å². The molecule has 0 fully saturated rings. The maximum absolute atomic E-state index is 9.09. The maximum Gasteiger partial charge on any atom is 0.141 e. The van der Waals surface area contributed by atoms with Crippen LogP contribution in [0.4, 0.5) is 0 Å². The number of pyridine rings is 1. The summed E-state index contributed by atoms with van der Waals surface area (Å²) in [6.45, 7) is 5.54. The number of rotatable bonds is 1. The third kappa shape index (κ3) is 1.96. The van der Waals surface area contributed by atoms with Gasteiger partial charge in [0.2, 0.25) is 0 Å². The number of hydrogen-bond acceptors (Lipinski definition) is 4. The predicted molar refractivity (Wildman–Crippen MR) is 70.1 cm³/mol. The second-order valence-electron chi connectivity index (χ2n) is 4.46. The van der Waals surface area contributed by atoms with E-state index in [0.29, 0.717) is 22.6 Å². The molecule has 0 radical (unpaired) electrons. The quantitative estimate of drug-likeness (QED) is 0.778. The lowest BCUT2D eigenvalue weighted by molar-refractivity contribution is 0.757. The molecule has 0 spiro atoms. The first-order valence-electron chi connectivity index (χ1n) is 5.82. The summed E-state index contributed by atoms with van der Waals surface area (Å²) in [5.74, 6) is 0. The summed E-state index contributed by atoms with van der Waals surface area (Å²) < 4.78 is 1.55. The average Bonchev–Trinajstić information content (AvgIpc) is 2.66. The number of nitriles is 2. The van der Waals surface area contributed by atoms with E-state index in [9.17, 15) is 0 Å². The average molecular weight is 251 g/mol. The number of aromatic nitrogens is 3. The van der Waals surface area contributed by atoms with Crippen molar-refractivity contribution in [1.29, 1.82) is 10.5 Å². The zero-order valence-electron chi connectivity index (χ0n) is 11.3. The van der Waals surface area contributed by atoms with Gasteiger partial charge in [0.15, 0.2) is 0 Å². The second-order valence-corrected chi connectivity index (χ2v) is 4.46. The van der Waals surface area contributed by atoms with Crippen molar-refractivity contribution in [3.8, 4) is 23.5 Å².